The van der Waals surface area contributed by atoms with Crippen molar-refractivity contribution in [2.75, 3.05) is 26.5 Å². The number of sulfonamides is 1. The smallest absolute Gasteiger partial charge is 0.285 e. The number of carbonyl (C=O) groups is 1. The van der Waals surface area contributed by atoms with Crippen LogP contribution in [0.15, 0.2) is 27.9 Å². The molecule has 0 unspecified atom stereocenters. The van der Waals surface area contributed by atoms with Crippen molar-refractivity contribution in [3.05, 3.63) is 45.4 Å². The molecule has 29 heavy (non-hydrogen) atoms. The molecular formula is C18H21N5O5S. The minimum atomic E-state index is -3.81. The molecule has 0 saturated heterocycles. The summed E-state index contributed by atoms with van der Waals surface area (Å²) in [7, 11) is 0.290. The van der Waals surface area contributed by atoms with Crippen molar-refractivity contribution < 1.29 is 17.9 Å². The van der Waals surface area contributed by atoms with Crippen LogP contribution in [0.5, 0.6) is 5.75 Å². The Morgan fingerprint density at radius 2 is 2.00 bits per heavy atom. The molecule has 1 aromatic heterocycles. The summed E-state index contributed by atoms with van der Waals surface area (Å²) < 4.78 is 32.0. The second kappa shape index (κ2) is 8.42. The molecule has 0 spiro atoms. The molecule has 0 aliphatic rings. The fraction of sp³-hybridized carbons (Fsp3) is 0.333. The molecule has 0 saturated carbocycles. The number of nitrogens with zero attached hydrogens (tertiary/aromatic N) is 4. The third kappa shape index (κ3) is 4.44. The number of ether oxygens (including phenoxy) is 1. The fourth-order valence-corrected chi connectivity index (χ4v) is 3.57. The number of benzene rings is 1. The molecule has 10 nitrogen and oxygen atoms in total. The van der Waals surface area contributed by atoms with E-state index in [4.69, 9.17) is 10.00 Å². The van der Waals surface area contributed by atoms with Crippen molar-refractivity contribution in [3.8, 4) is 11.8 Å². The minimum absolute atomic E-state index is 0.0749. The zero-order valence-corrected chi connectivity index (χ0v) is 17.5. The van der Waals surface area contributed by atoms with Gasteiger partial charge in [0, 0.05) is 19.8 Å². The molecule has 154 valence electrons. The van der Waals surface area contributed by atoms with Crippen LogP contribution in [0, 0.1) is 25.2 Å². The first-order chi connectivity index (χ1) is 13.5. The molecule has 2 aromatic rings. The van der Waals surface area contributed by atoms with Gasteiger partial charge in [-0.25, -0.2) is 17.4 Å². The summed E-state index contributed by atoms with van der Waals surface area (Å²) in [5.41, 5.74) is 0.375. The number of aromatic nitrogens is 2. The molecule has 0 fully saturated rings. The van der Waals surface area contributed by atoms with Crippen LogP contribution in [-0.2, 0) is 21.4 Å². The van der Waals surface area contributed by atoms with Crippen LogP contribution in [-0.4, -0.2) is 49.6 Å². The average Bonchev–Trinajstić information content (AvgIpc) is 2.66. The zero-order chi connectivity index (χ0) is 21.9. The molecule has 11 heteroatoms. The molecule has 1 heterocycles. The van der Waals surface area contributed by atoms with E-state index in [-0.39, 0.29) is 21.9 Å². The van der Waals surface area contributed by atoms with Crippen LogP contribution in [0.2, 0.25) is 0 Å². The predicted octanol–water partition coefficient (Wildman–Crippen LogP) is 0.629. The Morgan fingerprint density at radius 1 is 1.34 bits per heavy atom. The highest BCUT2D eigenvalue weighted by Gasteiger charge is 2.23. The molecule has 1 N–H and O–H groups in total. The highest BCUT2D eigenvalue weighted by Crippen LogP contribution is 2.28. The van der Waals surface area contributed by atoms with E-state index in [0.29, 0.717) is 11.3 Å². The summed E-state index contributed by atoms with van der Waals surface area (Å²) >= 11 is 0. The molecular weight excluding hydrogens is 398 g/mol. The second-order valence-electron chi connectivity index (χ2n) is 6.36. The van der Waals surface area contributed by atoms with E-state index in [9.17, 15) is 18.0 Å². The fourth-order valence-electron chi connectivity index (χ4n) is 2.50. The van der Waals surface area contributed by atoms with E-state index in [1.165, 1.54) is 39.4 Å². The van der Waals surface area contributed by atoms with Gasteiger partial charge in [-0.2, -0.15) is 10.4 Å². The van der Waals surface area contributed by atoms with E-state index in [2.05, 4.69) is 10.4 Å². The topological polar surface area (TPSA) is 134 Å². The number of anilines is 1. The molecule has 2 rings (SSSR count). The zero-order valence-electron chi connectivity index (χ0n) is 16.7. The highest BCUT2D eigenvalue weighted by atomic mass is 32.2. The highest BCUT2D eigenvalue weighted by molar-refractivity contribution is 7.89. The third-order valence-electron chi connectivity index (χ3n) is 4.25. The summed E-state index contributed by atoms with van der Waals surface area (Å²) in [6, 6.07) is 5.98. The van der Waals surface area contributed by atoms with Gasteiger partial charge in [0.25, 0.3) is 5.56 Å². The van der Waals surface area contributed by atoms with Gasteiger partial charge in [-0.05, 0) is 37.6 Å². The molecule has 0 atom stereocenters. The standard InChI is InChI=1S/C18H21N5O5S/c1-11-12(2)21-23(18(25)14(11)9-19)10-17(24)20-13-6-7-15(28-5)16(8-13)29(26,27)22(3)4/h6-8H,10H2,1-5H3,(H,20,24). The Balaban J connectivity index is 2.35. The van der Waals surface area contributed by atoms with Crippen molar-refractivity contribution >= 4 is 21.6 Å². The molecule has 0 bridgehead atoms. The monoisotopic (exact) mass is 419 g/mol. The van der Waals surface area contributed by atoms with Crippen molar-refractivity contribution in [2.24, 2.45) is 0 Å². The van der Waals surface area contributed by atoms with Gasteiger partial charge in [0.2, 0.25) is 15.9 Å². The van der Waals surface area contributed by atoms with Crippen LogP contribution in [0.4, 0.5) is 5.69 Å². The number of methoxy groups -OCH3 is 1. The van der Waals surface area contributed by atoms with Gasteiger partial charge in [0.05, 0.1) is 12.8 Å². The van der Waals surface area contributed by atoms with Crippen LogP contribution in [0.3, 0.4) is 0 Å². The Hall–Kier alpha value is -3.23. The summed E-state index contributed by atoms with van der Waals surface area (Å²) in [5, 5.41) is 15.7. The summed E-state index contributed by atoms with van der Waals surface area (Å²) in [6.45, 7) is 2.80. The number of aryl methyl sites for hydroxylation is 1. The lowest BCUT2D eigenvalue weighted by Crippen LogP contribution is -2.32. The Labute approximate surface area is 168 Å². The number of amides is 1. The first-order valence-corrected chi connectivity index (χ1v) is 9.85. The van der Waals surface area contributed by atoms with Crippen LogP contribution in [0.1, 0.15) is 16.8 Å². The van der Waals surface area contributed by atoms with Gasteiger partial charge in [0.15, 0.2) is 0 Å². The van der Waals surface area contributed by atoms with Gasteiger partial charge in [-0.1, -0.05) is 0 Å². The van der Waals surface area contributed by atoms with Crippen LogP contribution in [0.25, 0.3) is 0 Å². The molecule has 0 aliphatic carbocycles. The molecule has 1 amide bonds. The van der Waals surface area contributed by atoms with Crippen molar-refractivity contribution in [2.45, 2.75) is 25.3 Å². The normalized spacial score (nSPS) is 11.2. The van der Waals surface area contributed by atoms with Gasteiger partial charge in [-0.15, -0.1) is 0 Å². The van der Waals surface area contributed by atoms with E-state index >= 15 is 0 Å². The molecule has 0 aliphatic heterocycles. The summed E-state index contributed by atoms with van der Waals surface area (Å²) in [5.74, 6) is -0.479. The van der Waals surface area contributed by atoms with Crippen molar-refractivity contribution in [1.82, 2.24) is 14.1 Å². The lowest BCUT2D eigenvalue weighted by Gasteiger charge is -2.16. The Bertz CT molecular complexity index is 1160. The van der Waals surface area contributed by atoms with Gasteiger partial charge in [-0.3, -0.25) is 9.59 Å². The third-order valence-corrected chi connectivity index (χ3v) is 6.08. The first kappa shape index (κ1) is 22.1. The summed E-state index contributed by atoms with van der Waals surface area (Å²) in [4.78, 5) is 24.6. The molecule has 1 aromatic carbocycles. The van der Waals surface area contributed by atoms with E-state index < -0.39 is 28.0 Å². The van der Waals surface area contributed by atoms with Crippen molar-refractivity contribution in [1.29, 1.82) is 5.26 Å². The maximum absolute atomic E-state index is 12.5. The Morgan fingerprint density at radius 3 is 2.55 bits per heavy atom. The average molecular weight is 419 g/mol. The second-order valence-corrected chi connectivity index (χ2v) is 8.48. The lowest BCUT2D eigenvalue weighted by molar-refractivity contribution is -0.117. The summed E-state index contributed by atoms with van der Waals surface area (Å²) in [6.07, 6.45) is 0. The van der Waals surface area contributed by atoms with E-state index in [1.807, 2.05) is 6.07 Å². The maximum atomic E-state index is 12.5. The SMILES string of the molecule is COc1ccc(NC(=O)Cn2nc(C)c(C)c(C#N)c2=O)cc1S(=O)(=O)N(C)C. The van der Waals surface area contributed by atoms with Gasteiger partial charge in [0.1, 0.15) is 28.8 Å². The van der Waals surface area contributed by atoms with Gasteiger partial charge >= 0.3 is 0 Å². The number of hydrogen-bond acceptors (Lipinski definition) is 7. The van der Waals surface area contributed by atoms with E-state index in [1.54, 1.807) is 13.8 Å². The van der Waals surface area contributed by atoms with Crippen LogP contribution < -0.4 is 15.6 Å². The van der Waals surface area contributed by atoms with Gasteiger partial charge < -0.3 is 10.1 Å². The van der Waals surface area contributed by atoms with Crippen LogP contribution >= 0.6 is 0 Å². The quantitative estimate of drug-likeness (QED) is 0.725. The minimum Gasteiger partial charge on any atom is -0.495 e. The number of hydrogen-bond donors (Lipinski definition) is 1. The number of nitriles is 1. The Kier molecular flexibility index (Phi) is 6.41. The number of rotatable bonds is 6. The maximum Gasteiger partial charge on any atom is 0.285 e. The number of carbonyl (C=O) groups excluding carboxylic acids is 1. The first-order valence-electron chi connectivity index (χ1n) is 8.41. The van der Waals surface area contributed by atoms with Crippen molar-refractivity contribution in [3.63, 3.8) is 0 Å². The lowest BCUT2D eigenvalue weighted by atomic mass is 10.1. The predicted molar refractivity (Wildman–Crippen MR) is 105 cm³/mol. The van der Waals surface area contributed by atoms with E-state index in [0.717, 1.165) is 8.99 Å². The number of nitrogens with one attached hydrogen (secondary N) is 1. The largest absolute Gasteiger partial charge is 0.495 e. The molecule has 0 radical (unpaired) electrons.